The van der Waals surface area contributed by atoms with E-state index in [1.165, 1.54) is 12.5 Å². The Morgan fingerprint density at radius 2 is 1.88 bits per heavy atom. The number of aliphatic hydroxyl groups excluding tert-OH is 1. The third-order valence-corrected chi connectivity index (χ3v) is 3.67. The molecule has 1 aliphatic rings. The maximum atomic E-state index is 11.3. The maximum Gasteiger partial charge on any atom is 0.175 e. The van der Waals surface area contributed by atoms with Gasteiger partial charge >= 0.3 is 0 Å². The zero-order valence-corrected chi connectivity index (χ0v) is 10.1. The van der Waals surface area contributed by atoms with E-state index in [0.29, 0.717) is 4.90 Å². The van der Waals surface area contributed by atoms with E-state index in [4.69, 9.17) is 5.11 Å². The van der Waals surface area contributed by atoms with Crippen LogP contribution < -0.4 is 5.32 Å². The molecule has 1 aliphatic heterocycles. The predicted molar refractivity (Wildman–Crippen MR) is 65.3 cm³/mol. The van der Waals surface area contributed by atoms with Gasteiger partial charge in [-0.1, -0.05) is 18.2 Å². The van der Waals surface area contributed by atoms with Crippen LogP contribution in [-0.2, 0) is 9.84 Å². The third-order valence-electron chi connectivity index (χ3n) is 2.54. The molecule has 1 atom stereocenters. The predicted octanol–water partition coefficient (Wildman–Crippen LogP) is 1.69. The minimum Gasteiger partial charge on any atom is -0.506 e. The van der Waals surface area contributed by atoms with Gasteiger partial charge in [-0.15, -0.1) is 0 Å². The number of dihydropyridines is 1. The first-order chi connectivity index (χ1) is 7.97. The standard InChI is InChI=1S/C12H13NO3S/c1-17(15,16)11-5-2-9(3-6-11)12-7-4-10(14)8-13-12/h2-8,12-14H,1H3. The van der Waals surface area contributed by atoms with E-state index in [-0.39, 0.29) is 11.8 Å². The highest BCUT2D eigenvalue weighted by Gasteiger charge is 2.11. The number of hydrogen-bond donors (Lipinski definition) is 2. The summed E-state index contributed by atoms with van der Waals surface area (Å²) in [5, 5.41) is 12.2. The van der Waals surface area contributed by atoms with Crippen LogP contribution in [0.3, 0.4) is 0 Å². The quantitative estimate of drug-likeness (QED) is 0.839. The average molecular weight is 251 g/mol. The molecule has 0 aliphatic carbocycles. The lowest BCUT2D eigenvalue weighted by molar-refractivity contribution is 0.420. The van der Waals surface area contributed by atoms with Crippen molar-refractivity contribution in [2.45, 2.75) is 10.9 Å². The SMILES string of the molecule is CS(=O)(=O)c1ccc(C2C=CC(O)=CN2)cc1. The summed E-state index contributed by atoms with van der Waals surface area (Å²) in [4.78, 5) is 0.305. The van der Waals surface area contributed by atoms with Crippen LogP contribution in [0.15, 0.2) is 53.3 Å². The monoisotopic (exact) mass is 251 g/mol. The minimum atomic E-state index is -3.15. The first-order valence-corrected chi connectivity index (χ1v) is 6.99. The van der Waals surface area contributed by atoms with Crippen LogP contribution in [0, 0.1) is 0 Å². The number of allylic oxidation sites excluding steroid dienone is 1. The van der Waals surface area contributed by atoms with E-state index in [1.54, 1.807) is 30.3 Å². The Morgan fingerprint density at radius 1 is 1.24 bits per heavy atom. The summed E-state index contributed by atoms with van der Waals surface area (Å²) < 4.78 is 22.6. The molecule has 90 valence electrons. The molecule has 0 spiro atoms. The second kappa shape index (κ2) is 4.25. The second-order valence-electron chi connectivity index (χ2n) is 3.91. The Balaban J connectivity index is 2.23. The molecule has 1 heterocycles. The van der Waals surface area contributed by atoms with Crippen molar-refractivity contribution in [1.82, 2.24) is 5.32 Å². The van der Waals surface area contributed by atoms with Crippen LogP contribution in [0.4, 0.5) is 0 Å². The van der Waals surface area contributed by atoms with Gasteiger partial charge in [0.15, 0.2) is 9.84 Å². The molecule has 2 N–H and O–H groups in total. The molecule has 17 heavy (non-hydrogen) atoms. The highest BCUT2D eigenvalue weighted by molar-refractivity contribution is 7.90. The van der Waals surface area contributed by atoms with Crippen molar-refractivity contribution in [2.75, 3.05) is 6.26 Å². The smallest absolute Gasteiger partial charge is 0.175 e. The summed E-state index contributed by atoms with van der Waals surface area (Å²) in [6.07, 6.45) is 6.10. The fourth-order valence-corrected chi connectivity index (χ4v) is 2.23. The van der Waals surface area contributed by atoms with Crippen molar-refractivity contribution in [1.29, 1.82) is 0 Å². The summed E-state index contributed by atoms with van der Waals surface area (Å²) in [5.74, 6) is 0.175. The highest BCUT2D eigenvalue weighted by atomic mass is 32.2. The van der Waals surface area contributed by atoms with Gasteiger partial charge in [-0.05, 0) is 23.8 Å². The van der Waals surface area contributed by atoms with Gasteiger partial charge < -0.3 is 10.4 Å². The molecule has 4 nitrogen and oxygen atoms in total. The molecular formula is C12H13NO3S. The Bertz CT molecular complexity index is 570. The van der Waals surface area contributed by atoms with E-state index < -0.39 is 9.84 Å². The molecule has 5 heteroatoms. The number of nitrogens with one attached hydrogen (secondary N) is 1. The molecular weight excluding hydrogens is 238 g/mol. The Labute approximate surface area is 100 Å². The van der Waals surface area contributed by atoms with Gasteiger partial charge in [-0.3, -0.25) is 0 Å². The van der Waals surface area contributed by atoms with Crippen LogP contribution in [0.2, 0.25) is 0 Å². The summed E-state index contributed by atoms with van der Waals surface area (Å²) in [6.45, 7) is 0. The molecule has 2 rings (SSSR count). The normalized spacial score (nSPS) is 19.6. The lowest BCUT2D eigenvalue weighted by atomic mass is 10.1. The fraction of sp³-hybridized carbons (Fsp3) is 0.167. The topological polar surface area (TPSA) is 66.4 Å². The zero-order chi connectivity index (χ0) is 12.5. The minimum absolute atomic E-state index is 0.0421. The van der Waals surface area contributed by atoms with Gasteiger partial charge in [0.1, 0.15) is 5.76 Å². The molecule has 1 aromatic carbocycles. The van der Waals surface area contributed by atoms with E-state index in [1.807, 2.05) is 6.08 Å². The summed E-state index contributed by atoms with van der Waals surface area (Å²) in [5.41, 5.74) is 0.942. The molecule has 0 radical (unpaired) electrons. The largest absolute Gasteiger partial charge is 0.506 e. The van der Waals surface area contributed by atoms with E-state index in [2.05, 4.69) is 5.32 Å². The summed E-state index contributed by atoms with van der Waals surface area (Å²) in [6, 6.07) is 6.64. The zero-order valence-electron chi connectivity index (χ0n) is 9.29. The molecule has 0 fully saturated rings. The summed E-state index contributed by atoms with van der Waals surface area (Å²) >= 11 is 0. The molecule has 0 saturated carbocycles. The molecule has 0 bridgehead atoms. The molecule has 1 unspecified atom stereocenters. The number of sulfone groups is 1. The average Bonchev–Trinajstić information content (AvgIpc) is 2.29. The van der Waals surface area contributed by atoms with Gasteiger partial charge in [0.25, 0.3) is 0 Å². The Hall–Kier alpha value is -1.75. The van der Waals surface area contributed by atoms with Crippen LogP contribution >= 0.6 is 0 Å². The lowest BCUT2D eigenvalue weighted by Crippen LogP contribution is -2.16. The van der Waals surface area contributed by atoms with Crippen molar-refractivity contribution in [2.24, 2.45) is 0 Å². The van der Waals surface area contributed by atoms with Crippen molar-refractivity contribution in [3.8, 4) is 0 Å². The molecule has 0 saturated heterocycles. The first-order valence-electron chi connectivity index (χ1n) is 5.10. The number of hydrogen-bond acceptors (Lipinski definition) is 4. The van der Waals surface area contributed by atoms with Gasteiger partial charge in [-0.2, -0.15) is 0 Å². The van der Waals surface area contributed by atoms with Crippen LogP contribution in [0.1, 0.15) is 11.6 Å². The van der Waals surface area contributed by atoms with Crippen molar-refractivity contribution < 1.29 is 13.5 Å². The lowest BCUT2D eigenvalue weighted by Gasteiger charge is -2.17. The number of benzene rings is 1. The van der Waals surface area contributed by atoms with Gasteiger partial charge in [0.05, 0.1) is 10.9 Å². The Morgan fingerprint density at radius 3 is 2.35 bits per heavy atom. The van der Waals surface area contributed by atoms with Crippen LogP contribution in [0.25, 0.3) is 0 Å². The van der Waals surface area contributed by atoms with Gasteiger partial charge in [-0.25, -0.2) is 8.42 Å². The highest BCUT2D eigenvalue weighted by Crippen LogP contribution is 2.20. The van der Waals surface area contributed by atoms with E-state index in [0.717, 1.165) is 5.56 Å². The Kier molecular flexibility index (Phi) is 2.93. The van der Waals surface area contributed by atoms with Crippen LogP contribution in [-0.4, -0.2) is 19.8 Å². The maximum absolute atomic E-state index is 11.3. The fourth-order valence-electron chi connectivity index (χ4n) is 1.60. The molecule has 0 amide bonds. The van der Waals surface area contributed by atoms with E-state index >= 15 is 0 Å². The van der Waals surface area contributed by atoms with Gasteiger partial charge in [0.2, 0.25) is 0 Å². The number of aliphatic hydroxyl groups is 1. The van der Waals surface area contributed by atoms with Gasteiger partial charge in [0, 0.05) is 12.5 Å². The van der Waals surface area contributed by atoms with Crippen molar-refractivity contribution >= 4 is 9.84 Å². The second-order valence-corrected chi connectivity index (χ2v) is 5.93. The third kappa shape index (κ3) is 2.68. The van der Waals surface area contributed by atoms with E-state index in [9.17, 15) is 8.42 Å². The number of rotatable bonds is 2. The molecule has 1 aromatic rings. The van der Waals surface area contributed by atoms with Crippen molar-refractivity contribution in [3.05, 3.63) is 53.9 Å². The summed E-state index contributed by atoms with van der Waals surface area (Å²) in [7, 11) is -3.15. The molecule has 0 aromatic heterocycles. The first kappa shape index (κ1) is 11.7. The van der Waals surface area contributed by atoms with Crippen LogP contribution in [0.5, 0.6) is 0 Å². The van der Waals surface area contributed by atoms with Crippen molar-refractivity contribution in [3.63, 3.8) is 0 Å².